The molecule has 2 aromatic carbocycles. The largest absolute Gasteiger partial charge is 0.494 e. The average molecular weight is 398 g/mol. The Balaban J connectivity index is 1.69. The van der Waals surface area contributed by atoms with E-state index in [1.54, 1.807) is 18.1 Å². The number of nitrogens with zero attached hydrogens (tertiary/aromatic N) is 4. The molecule has 2 aromatic rings. The first-order valence-electron chi connectivity index (χ1n) is 9.23. The van der Waals surface area contributed by atoms with E-state index in [-0.39, 0.29) is 6.04 Å². The monoisotopic (exact) mass is 398 g/mol. The molecule has 0 saturated carbocycles. The fraction of sp³-hybridized carbons (Fsp3) is 0.350. The summed E-state index contributed by atoms with van der Waals surface area (Å²) in [4.78, 5) is 1.61. The van der Waals surface area contributed by atoms with Crippen LogP contribution in [0.25, 0.3) is 11.1 Å². The van der Waals surface area contributed by atoms with Crippen LogP contribution in [0.1, 0.15) is 6.42 Å². The summed E-state index contributed by atoms with van der Waals surface area (Å²) in [5.74, 6) is 0.546. The summed E-state index contributed by atoms with van der Waals surface area (Å²) in [6.45, 7) is 1.82. The van der Waals surface area contributed by atoms with Gasteiger partial charge >= 0.3 is 10.2 Å². The van der Waals surface area contributed by atoms with Crippen molar-refractivity contribution in [3.8, 4) is 23.1 Å². The van der Waals surface area contributed by atoms with Crippen LogP contribution in [0.15, 0.2) is 48.5 Å². The number of ether oxygens (including phenoxy) is 1. The molecule has 0 aliphatic carbocycles. The molecule has 2 aliphatic heterocycles. The van der Waals surface area contributed by atoms with Gasteiger partial charge in [0.05, 0.1) is 12.8 Å². The molecule has 28 heavy (non-hydrogen) atoms. The van der Waals surface area contributed by atoms with Crippen molar-refractivity contribution < 1.29 is 13.2 Å². The van der Waals surface area contributed by atoms with E-state index in [1.807, 2.05) is 42.5 Å². The predicted octanol–water partition coefficient (Wildman–Crippen LogP) is 2.28. The Morgan fingerprint density at radius 2 is 1.86 bits per heavy atom. The lowest BCUT2D eigenvalue weighted by molar-refractivity contribution is 0.345. The molecule has 0 aromatic heterocycles. The molecule has 2 aliphatic rings. The number of anilines is 1. The van der Waals surface area contributed by atoms with Crippen LogP contribution in [0.3, 0.4) is 0 Å². The zero-order chi connectivity index (χ0) is 19.7. The van der Waals surface area contributed by atoms with Gasteiger partial charge in [0.1, 0.15) is 0 Å². The SMILES string of the molecule is COc1c(-c2ccccc2)cccc1N1CCN(C2CCN(C#N)C2)S1(=O)=O. The van der Waals surface area contributed by atoms with E-state index in [9.17, 15) is 8.42 Å². The van der Waals surface area contributed by atoms with Gasteiger partial charge in [0.2, 0.25) is 0 Å². The Morgan fingerprint density at radius 1 is 1.07 bits per heavy atom. The highest BCUT2D eigenvalue weighted by Crippen LogP contribution is 2.41. The second-order valence-corrected chi connectivity index (χ2v) is 8.71. The van der Waals surface area contributed by atoms with Crippen LogP contribution in [0.4, 0.5) is 5.69 Å². The summed E-state index contributed by atoms with van der Waals surface area (Å²) in [6.07, 6.45) is 2.78. The minimum absolute atomic E-state index is 0.169. The van der Waals surface area contributed by atoms with Crippen molar-refractivity contribution in [2.45, 2.75) is 12.5 Å². The molecular weight excluding hydrogens is 376 g/mol. The molecule has 7 nitrogen and oxygen atoms in total. The normalized spacial score (nSPS) is 21.6. The van der Waals surface area contributed by atoms with E-state index in [0.717, 1.165) is 11.1 Å². The highest BCUT2D eigenvalue weighted by Gasteiger charge is 2.44. The van der Waals surface area contributed by atoms with Crippen LogP contribution in [0.2, 0.25) is 0 Å². The quantitative estimate of drug-likeness (QED) is 0.739. The number of benzene rings is 2. The van der Waals surface area contributed by atoms with Crippen LogP contribution < -0.4 is 9.04 Å². The number of para-hydroxylation sites is 1. The maximum Gasteiger partial charge on any atom is 0.304 e. The molecule has 0 spiro atoms. The van der Waals surface area contributed by atoms with Crippen LogP contribution in [0, 0.1) is 11.5 Å². The summed E-state index contributed by atoms with van der Waals surface area (Å²) < 4.78 is 35.2. The molecule has 8 heteroatoms. The van der Waals surface area contributed by atoms with E-state index < -0.39 is 10.2 Å². The van der Waals surface area contributed by atoms with E-state index in [1.165, 1.54) is 8.61 Å². The molecule has 2 heterocycles. The number of hydrogen-bond acceptors (Lipinski definition) is 5. The summed E-state index contributed by atoms with van der Waals surface area (Å²) in [7, 11) is -2.11. The lowest BCUT2D eigenvalue weighted by Crippen LogP contribution is -2.41. The second-order valence-electron chi connectivity index (χ2n) is 6.90. The number of likely N-dealkylation sites (tertiary alicyclic amines) is 1. The Bertz CT molecular complexity index is 1000. The first-order valence-corrected chi connectivity index (χ1v) is 10.6. The number of hydrogen-bond donors (Lipinski definition) is 0. The zero-order valence-corrected chi connectivity index (χ0v) is 16.5. The van der Waals surface area contributed by atoms with Crippen molar-refractivity contribution in [3.05, 3.63) is 48.5 Å². The molecule has 2 saturated heterocycles. The Hall–Kier alpha value is -2.76. The van der Waals surface area contributed by atoms with E-state index >= 15 is 0 Å². The standard InChI is InChI=1S/C20H22N4O3S/c1-27-20-18(16-6-3-2-4-7-16)8-5-9-19(20)24-13-12-23(28(24,25)26)17-10-11-22(14-17)15-21/h2-9,17H,10-14H2,1H3. The van der Waals surface area contributed by atoms with Crippen molar-refractivity contribution >= 4 is 15.9 Å². The maximum absolute atomic E-state index is 13.3. The summed E-state index contributed by atoms with van der Waals surface area (Å²) >= 11 is 0. The third-order valence-corrected chi connectivity index (χ3v) is 7.37. The third kappa shape index (κ3) is 3.07. The van der Waals surface area contributed by atoms with Gasteiger partial charge in [-0.3, -0.25) is 4.31 Å². The zero-order valence-electron chi connectivity index (χ0n) is 15.7. The van der Waals surface area contributed by atoms with Crippen LogP contribution in [0.5, 0.6) is 5.75 Å². The van der Waals surface area contributed by atoms with Gasteiger partial charge in [-0.15, -0.1) is 0 Å². The average Bonchev–Trinajstić information content (AvgIpc) is 3.31. The minimum Gasteiger partial charge on any atom is -0.494 e. The molecule has 0 bridgehead atoms. The van der Waals surface area contributed by atoms with Gasteiger partial charge in [-0.1, -0.05) is 42.5 Å². The molecule has 1 atom stereocenters. The van der Waals surface area contributed by atoms with Gasteiger partial charge < -0.3 is 9.64 Å². The molecular formula is C20H22N4O3S. The molecule has 0 amide bonds. The van der Waals surface area contributed by atoms with Gasteiger partial charge in [-0.2, -0.15) is 18.0 Å². The highest BCUT2D eigenvalue weighted by atomic mass is 32.2. The van der Waals surface area contributed by atoms with E-state index in [0.29, 0.717) is 44.0 Å². The van der Waals surface area contributed by atoms with Crippen molar-refractivity contribution in [1.29, 1.82) is 5.26 Å². The number of rotatable bonds is 4. The van der Waals surface area contributed by atoms with E-state index in [2.05, 4.69) is 6.19 Å². The van der Waals surface area contributed by atoms with Crippen LogP contribution in [-0.4, -0.2) is 57.0 Å². The van der Waals surface area contributed by atoms with Gasteiger partial charge in [-0.05, 0) is 18.1 Å². The van der Waals surface area contributed by atoms with Gasteiger partial charge in [0, 0.05) is 37.8 Å². The Labute approximate surface area is 165 Å². The van der Waals surface area contributed by atoms with Crippen molar-refractivity contribution in [1.82, 2.24) is 9.21 Å². The lowest BCUT2D eigenvalue weighted by atomic mass is 10.0. The fourth-order valence-corrected chi connectivity index (χ4v) is 5.83. The number of methoxy groups -OCH3 is 1. The smallest absolute Gasteiger partial charge is 0.304 e. The van der Waals surface area contributed by atoms with Crippen molar-refractivity contribution in [3.63, 3.8) is 0 Å². The molecule has 1 unspecified atom stereocenters. The van der Waals surface area contributed by atoms with Crippen LogP contribution in [-0.2, 0) is 10.2 Å². The fourth-order valence-electron chi connectivity index (χ4n) is 4.01. The first kappa shape index (κ1) is 18.6. The van der Waals surface area contributed by atoms with Gasteiger partial charge in [0.15, 0.2) is 11.9 Å². The molecule has 0 N–H and O–H groups in total. The topological polar surface area (TPSA) is 76.9 Å². The Morgan fingerprint density at radius 3 is 2.54 bits per heavy atom. The van der Waals surface area contributed by atoms with Gasteiger partial charge in [0.25, 0.3) is 0 Å². The molecule has 4 rings (SSSR count). The second kappa shape index (κ2) is 7.34. The lowest BCUT2D eigenvalue weighted by Gasteiger charge is -2.25. The summed E-state index contributed by atoms with van der Waals surface area (Å²) in [5, 5.41) is 9.07. The van der Waals surface area contributed by atoms with Crippen molar-refractivity contribution in [2.75, 3.05) is 37.6 Å². The maximum atomic E-state index is 13.3. The first-order chi connectivity index (χ1) is 13.6. The van der Waals surface area contributed by atoms with Gasteiger partial charge in [-0.25, -0.2) is 0 Å². The third-order valence-electron chi connectivity index (χ3n) is 5.36. The molecule has 0 radical (unpaired) electrons. The predicted molar refractivity (Wildman–Crippen MR) is 107 cm³/mol. The summed E-state index contributed by atoms with van der Waals surface area (Å²) in [5.41, 5.74) is 2.36. The summed E-state index contributed by atoms with van der Waals surface area (Å²) in [6, 6.07) is 15.2. The molecule has 2 fully saturated rings. The molecule has 146 valence electrons. The van der Waals surface area contributed by atoms with E-state index in [4.69, 9.17) is 10.00 Å². The van der Waals surface area contributed by atoms with Crippen LogP contribution >= 0.6 is 0 Å². The number of nitriles is 1. The Kier molecular flexibility index (Phi) is 4.87. The minimum atomic E-state index is -3.68. The van der Waals surface area contributed by atoms with Crippen molar-refractivity contribution in [2.24, 2.45) is 0 Å². The highest BCUT2D eigenvalue weighted by molar-refractivity contribution is 7.90.